The zero-order chi connectivity index (χ0) is 15.3. The Balaban J connectivity index is 2.66. The maximum absolute atomic E-state index is 11.9. The number of nitrogens with one attached hydrogen (secondary N) is 1. The highest BCUT2D eigenvalue weighted by molar-refractivity contribution is 7.88. The van der Waals surface area contributed by atoms with Gasteiger partial charge in [0.2, 0.25) is 5.09 Å². The third-order valence-electron chi connectivity index (χ3n) is 3.73. The lowest BCUT2D eigenvalue weighted by Crippen LogP contribution is -2.32. The lowest BCUT2D eigenvalue weighted by Gasteiger charge is -2.22. The normalized spacial score (nSPS) is 14.2. The van der Waals surface area contributed by atoms with Crippen LogP contribution >= 0.6 is 0 Å². The second-order valence-electron chi connectivity index (χ2n) is 5.25. The quantitative estimate of drug-likeness (QED) is 0.801. The monoisotopic (exact) mass is 302 g/mol. The van der Waals surface area contributed by atoms with Gasteiger partial charge in [0.15, 0.2) is 0 Å². The highest BCUT2D eigenvalue weighted by atomic mass is 32.2. The summed E-state index contributed by atoms with van der Waals surface area (Å²) in [5, 5.41) is 3.39. The molecule has 1 rings (SSSR count). The van der Waals surface area contributed by atoms with Crippen LogP contribution in [0.2, 0.25) is 0 Å². The summed E-state index contributed by atoms with van der Waals surface area (Å²) in [7, 11) is -0.499. The van der Waals surface area contributed by atoms with Crippen molar-refractivity contribution in [1.82, 2.24) is 9.62 Å². The molecule has 0 radical (unpaired) electrons. The molecule has 1 heterocycles. The van der Waals surface area contributed by atoms with Crippen molar-refractivity contribution in [2.45, 2.75) is 51.3 Å². The van der Waals surface area contributed by atoms with Gasteiger partial charge in [-0.2, -0.15) is 0 Å². The average molecular weight is 302 g/mol. The van der Waals surface area contributed by atoms with Crippen LogP contribution in [0.1, 0.15) is 39.4 Å². The number of hydrogen-bond donors (Lipinski definition) is 1. The van der Waals surface area contributed by atoms with Gasteiger partial charge in [-0.05, 0) is 25.0 Å². The molecule has 5 nitrogen and oxygen atoms in total. The van der Waals surface area contributed by atoms with Gasteiger partial charge in [0.1, 0.15) is 5.76 Å². The lowest BCUT2D eigenvalue weighted by molar-refractivity contribution is 0.328. The van der Waals surface area contributed by atoms with Gasteiger partial charge in [-0.1, -0.05) is 26.7 Å². The molecule has 0 bridgehead atoms. The molecule has 0 aliphatic heterocycles. The first-order chi connectivity index (χ1) is 9.32. The number of hydrogen-bond acceptors (Lipinski definition) is 4. The highest BCUT2D eigenvalue weighted by Gasteiger charge is 2.21. The maximum Gasteiger partial charge on any atom is 0.275 e. The Morgan fingerprint density at radius 3 is 2.35 bits per heavy atom. The molecule has 0 fully saturated rings. The summed E-state index contributed by atoms with van der Waals surface area (Å²) in [6.45, 7) is 7.06. The van der Waals surface area contributed by atoms with Crippen LogP contribution in [-0.4, -0.2) is 32.9 Å². The molecule has 1 atom stereocenters. The van der Waals surface area contributed by atoms with E-state index < -0.39 is 10.0 Å². The van der Waals surface area contributed by atoms with Crippen LogP contribution in [-0.2, 0) is 16.6 Å². The number of furan rings is 1. The molecule has 1 N–H and O–H groups in total. The summed E-state index contributed by atoms with van der Waals surface area (Å²) in [5.74, 6) is 1.26. The Bertz CT molecular complexity index is 504. The minimum atomic E-state index is -3.48. The van der Waals surface area contributed by atoms with E-state index >= 15 is 0 Å². The zero-order valence-electron chi connectivity index (χ0n) is 13.0. The SMILES string of the molecule is CCC(CC)C(C)NCc1ccc(S(=O)(=O)N(C)C)o1. The lowest BCUT2D eigenvalue weighted by atomic mass is 9.95. The van der Waals surface area contributed by atoms with E-state index in [-0.39, 0.29) is 5.09 Å². The first-order valence-electron chi connectivity index (χ1n) is 7.07. The summed E-state index contributed by atoms with van der Waals surface area (Å²) in [6.07, 6.45) is 2.26. The van der Waals surface area contributed by atoms with Crippen molar-refractivity contribution in [3.63, 3.8) is 0 Å². The van der Waals surface area contributed by atoms with E-state index in [0.29, 0.717) is 24.3 Å². The second kappa shape index (κ2) is 7.24. The molecular formula is C14H26N2O3S. The fraction of sp³-hybridized carbons (Fsp3) is 0.714. The molecule has 0 saturated carbocycles. The van der Waals surface area contributed by atoms with Gasteiger partial charge in [0.05, 0.1) is 6.54 Å². The third kappa shape index (κ3) is 4.07. The molecule has 6 heteroatoms. The van der Waals surface area contributed by atoms with Crippen molar-refractivity contribution in [3.05, 3.63) is 17.9 Å². The van der Waals surface area contributed by atoms with E-state index in [1.807, 2.05) is 0 Å². The van der Waals surface area contributed by atoms with Crippen molar-refractivity contribution in [2.24, 2.45) is 5.92 Å². The standard InChI is InChI=1S/C14H26N2O3S/c1-6-12(7-2)11(3)15-10-13-8-9-14(19-13)20(17,18)16(4)5/h8-9,11-12,15H,6-7,10H2,1-5H3. The summed E-state index contributed by atoms with van der Waals surface area (Å²) >= 11 is 0. The average Bonchev–Trinajstić information content (AvgIpc) is 2.87. The molecule has 1 aromatic rings. The number of rotatable bonds is 8. The summed E-state index contributed by atoms with van der Waals surface area (Å²) in [5.41, 5.74) is 0. The fourth-order valence-electron chi connectivity index (χ4n) is 2.20. The fourth-order valence-corrected chi connectivity index (χ4v) is 3.01. The maximum atomic E-state index is 11.9. The summed E-state index contributed by atoms with van der Waals surface area (Å²) in [6, 6.07) is 3.60. The molecule has 0 amide bonds. The van der Waals surface area contributed by atoms with Crippen molar-refractivity contribution in [1.29, 1.82) is 0 Å². The van der Waals surface area contributed by atoms with Crippen molar-refractivity contribution in [2.75, 3.05) is 14.1 Å². The van der Waals surface area contributed by atoms with E-state index in [2.05, 4.69) is 26.1 Å². The summed E-state index contributed by atoms with van der Waals surface area (Å²) in [4.78, 5) is 0. The van der Waals surface area contributed by atoms with Gasteiger partial charge in [-0.15, -0.1) is 0 Å². The predicted octanol–water partition coefficient (Wildman–Crippen LogP) is 2.44. The Labute approximate surface area is 122 Å². The molecule has 0 aliphatic carbocycles. The van der Waals surface area contributed by atoms with Crippen LogP contribution in [0.25, 0.3) is 0 Å². The van der Waals surface area contributed by atoms with Crippen LogP contribution < -0.4 is 5.32 Å². The van der Waals surface area contributed by atoms with Crippen LogP contribution in [0.15, 0.2) is 21.6 Å². The van der Waals surface area contributed by atoms with E-state index in [4.69, 9.17) is 4.42 Å². The summed E-state index contributed by atoms with van der Waals surface area (Å²) < 4.78 is 30.4. The molecule has 0 aliphatic rings. The van der Waals surface area contributed by atoms with E-state index in [1.54, 1.807) is 6.07 Å². The van der Waals surface area contributed by atoms with Crippen LogP contribution in [0.3, 0.4) is 0 Å². The van der Waals surface area contributed by atoms with Crippen molar-refractivity contribution < 1.29 is 12.8 Å². The van der Waals surface area contributed by atoms with Crippen LogP contribution in [0.5, 0.6) is 0 Å². The van der Waals surface area contributed by atoms with Gasteiger partial charge < -0.3 is 9.73 Å². The molecular weight excluding hydrogens is 276 g/mol. The Morgan fingerprint density at radius 2 is 1.85 bits per heavy atom. The molecule has 20 heavy (non-hydrogen) atoms. The van der Waals surface area contributed by atoms with Gasteiger partial charge in [0, 0.05) is 20.1 Å². The molecule has 116 valence electrons. The molecule has 0 aromatic carbocycles. The smallest absolute Gasteiger partial charge is 0.275 e. The molecule has 0 spiro atoms. The molecule has 1 unspecified atom stereocenters. The first kappa shape index (κ1) is 17.2. The predicted molar refractivity (Wildman–Crippen MR) is 80.0 cm³/mol. The highest BCUT2D eigenvalue weighted by Crippen LogP contribution is 2.18. The minimum Gasteiger partial charge on any atom is -0.447 e. The minimum absolute atomic E-state index is 0.00511. The van der Waals surface area contributed by atoms with Crippen molar-refractivity contribution >= 4 is 10.0 Å². The van der Waals surface area contributed by atoms with Gasteiger partial charge >= 0.3 is 0 Å². The van der Waals surface area contributed by atoms with Gasteiger partial charge in [0.25, 0.3) is 10.0 Å². The molecule has 0 saturated heterocycles. The number of sulfonamides is 1. The molecule has 1 aromatic heterocycles. The van der Waals surface area contributed by atoms with Gasteiger partial charge in [-0.25, -0.2) is 12.7 Å². The van der Waals surface area contributed by atoms with Gasteiger partial charge in [-0.3, -0.25) is 0 Å². The van der Waals surface area contributed by atoms with Crippen LogP contribution in [0, 0.1) is 5.92 Å². The Kier molecular flexibility index (Phi) is 6.23. The largest absolute Gasteiger partial charge is 0.447 e. The van der Waals surface area contributed by atoms with E-state index in [0.717, 1.165) is 17.1 Å². The third-order valence-corrected chi connectivity index (χ3v) is 5.42. The van der Waals surface area contributed by atoms with Crippen LogP contribution in [0.4, 0.5) is 0 Å². The van der Waals surface area contributed by atoms with E-state index in [9.17, 15) is 8.42 Å². The zero-order valence-corrected chi connectivity index (χ0v) is 13.8. The topological polar surface area (TPSA) is 62.6 Å². The Morgan fingerprint density at radius 1 is 1.25 bits per heavy atom. The first-order valence-corrected chi connectivity index (χ1v) is 8.51. The van der Waals surface area contributed by atoms with E-state index in [1.165, 1.54) is 20.2 Å². The van der Waals surface area contributed by atoms with Crippen molar-refractivity contribution in [3.8, 4) is 0 Å². The second-order valence-corrected chi connectivity index (χ2v) is 7.34. The Hall–Kier alpha value is -0.850. The number of nitrogens with zero attached hydrogens (tertiary/aromatic N) is 1.